The first-order valence-electron chi connectivity index (χ1n) is 5.49. The van der Waals surface area contributed by atoms with Crippen LogP contribution in [0.3, 0.4) is 0 Å². The van der Waals surface area contributed by atoms with E-state index in [1.54, 1.807) is 24.3 Å². The molecule has 98 valence electrons. The van der Waals surface area contributed by atoms with Crippen molar-refractivity contribution in [3.8, 4) is 0 Å². The van der Waals surface area contributed by atoms with Gasteiger partial charge in [0.1, 0.15) is 5.82 Å². The maximum atomic E-state index is 13.5. The summed E-state index contributed by atoms with van der Waals surface area (Å²) in [6.45, 7) is 0.0387. The molecule has 0 heterocycles. The molecule has 19 heavy (non-hydrogen) atoms. The zero-order chi connectivity index (χ0) is 13.8. The molecular weight excluding hydrogens is 254 g/mol. The first kappa shape index (κ1) is 12.9. The molecule has 0 spiro atoms. The fourth-order valence-electron chi connectivity index (χ4n) is 1.61. The summed E-state index contributed by atoms with van der Waals surface area (Å²) in [6.07, 6.45) is 0. The van der Waals surface area contributed by atoms with Gasteiger partial charge >= 0.3 is 5.69 Å². The highest BCUT2D eigenvalue weighted by atomic mass is 19.1. The van der Waals surface area contributed by atoms with Crippen LogP contribution in [0.4, 0.5) is 20.2 Å². The quantitative estimate of drug-likeness (QED) is 0.679. The number of nitrogens with zero attached hydrogens (tertiary/aromatic N) is 1. The van der Waals surface area contributed by atoms with Gasteiger partial charge in [-0.25, -0.2) is 4.39 Å². The smallest absolute Gasteiger partial charge is 0.305 e. The average molecular weight is 264 g/mol. The van der Waals surface area contributed by atoms with Crippen molar-refractivity contribution in [3.63, 3.8) is 0 Å². The SMILES string of the molecule is O=[N+]([O-])c1cc(CNc2ccccc2)c(F)cc1F. The minimum Gasteiger partial charge on any atom is -0.381 e. The Kier molecular flexibility index (Phi) is 3.70. The molecule has 0 aliphatic carbocycles. The fraction of sp³-hybridized carbons (Fsp3) is 0.0769. The molecule has 4 nitrogen and oxygen atoms in total. The van der Waals surface area contributed by atoms with Crippen LogP contribution in [0.25, 0.3) is 0 Å². The molecule has 0 fully saturated rings. The minimum atomic E-state index is -1.18. The summed E-state index contributed by atoms with van der Waals surface area (Å²) < 4.78 is 26.6. The van der Waals surface area contributed by atoms with Gasteiger partial charge in [0.15, 0.2) is 0 Å². The normalized spacial score (nSPS) is 10.2. The summed E-state index contributed by atoms with van der Waals surface area (Å²) in [5.41, 5.74) is 0.0529. The third-order valence-electron chi connectivity index (χ3n) is 2.57. The molecule has 1 N–H and O–H groups in total. The minimum absolute atomic E-state index is 0.0387. The number of nitro groups is 1. The van der Waals surface area contributed by atoms with Gasteiger partial charge in [-0.2, -0.15) is 4.39 Å². The highest BCUT2D eigenvalue weighted by Crippen LogP contribution is 2.22. The van der Waals surface area contributed by atoms with Crippen molar-refractivity contribution in [1.29, 1.82) is 0 Å². The molecule has 0 aliphatic heterocycles. The molecule has 0 saturated carbocycles. The fourth-order valence-corrected chi connectivity index (χ4v) is 1.61. The van der Waals surface area contributed by atoms with Crippen LogP contribution in [0, 0.1) is 21.7 Å². The van der Waals surface area contributed by atoms with Crippen molar-refractivity contribution < 1.29 is 13.7 Å². The van der Waals surface area contributed by atoms with Crippen molar-refractivity contribution >= 4 is 11.4 Å². The van der Waals surface area contributed by atoms with Crippen molar-refractivity contribution in [1.82, 2.24) is 0 Å². The summed E-state index contributed by atoms with van der Waals surface area (Å²) in [7, 11) is 0. The molecule has 2 aromatic carbocycles. The van der Waals surface area contributed by atoms with E-state index in [0.29, 0.717) is 6.07 Å². The molecule has 0 aliphatic rings. The summed E-state index contributed by atoms with van der Waals surface area (Å²) >= 11 is 0. The zero-order valence-corrected chi connectivity index (χ0v) is 9.77. The third-order valence-corrected chi connectivity index (χ3v) is 2.57. The number of nitrogens with one attached hydrogen (secondary N) is 1. The summed E-state index contributed by atoms with van der Waals surface area (Å²) in [4.78, 5) is 9.71. The van der Waals surface area contributed by atoms with Gasteiger partial charge < -0.3 is 5.32 Å². The number of anilines is 1. The van der Waals surface area contributed by atoms with Gasteiger partial charge in [-0.3, -0.25) is 10.1 Å². The Balaban J connectivity index is 2.21. The molecule has 0 bridgehead atoms. The Morgan fingerprint density at radius 2 is 1.79 bits per heavy atom. The van der Waals surface area contributed by atoms with Crippen LogP contribution in [0.5, 0.6) is 0 Å². The summed E-state index contributed by atoms with van der Waals surface area (Å²) in [5, 5.41) is 13.5. The molecule has 6 heteroatoms. The molecule has 0 saturated heterocycles. The molecule has 0 aromatic heterocycles. The molecule has 0 unspecified atom stereocenters. The van der Waals surface area contributed by atoms with E-state index in [9.17, 15) is 18.9 Å². The van der Waals surface area contributed by atoms with Crippen molar-refractivity contribution in [2.75, 3.05) is 5.32 Å². The highest BCUT2D eigenvalue weighted by molar-refractivity contribution is 5.44. The van der Waals surface area contributed by atoms with Gasteiger partial charge in [-0.05, 0) is 12.1 Å². The largest absolute Gasteiger partial charge is 0.381 e. The van der Waals surface area contributed by atoms with E-state index in [1.807, 2.05) is 6.07 Å². The first-order chi connectivity index (χ1) is 9.08. The molecule has 0 radical (unpaired) electrons. The van der Waals surface area contributed by atoms with Crippen LogP contribution in [-0.2, 0) is 6.54 Å². The van der Waals surface area contributed by atoms with Crippen LogP contribution < -0.4 is 5.32 Å². The number of hydrogen-bond acceptors (Lipinski definition) is 3. The lowest BCUT2D eigenvalue weighted by molar-refractivity contribution is -0.387. The van der Waals surface area contributed by atoms with Gasteiger partial charge in [-0.15, -0.1) is 0 Å². The van der Waals surface area contributed by atoms with Crippen LogP contribution in [0.2, 0.25) is 0 Å². The van der Waals surface area contributed by atoms with Crippen LogP contribution in [0.15, 0.2) is 42.5 Å². The van der Waals surface area contributed by atoms with E-state index in [-0.39, 0.29) is 12.1 Å². The Morgan fingerprint density at radius 1 is 1.11 bits per heavy atom. The van der Waals surface area contributed by atoms with Gasteiger partial charge in [0.25, 0.3) is 0 Å². The van der Waals surface area contributed by atoms with E-state index in [2.05, 4.69) is 5.32 Å². The number of nitro benzene ring substituents is 1. The lowest BCUT2D eigenvalue weighted by Gasteiger charge is -2.07. The predicted octanol–water partition coefficient (Wildman–Crippen LogP) is 3.49. The van der Waals surface area contributed by atoms with Crippen molar-refractivity contribution in [2.24, 2.45) is 0 Å². The molecule has 0 amide bonds. The maximum absolute atomic E-state index is 13.5. The Labute approximate surface area is 107 Å². The standard InChI is InChI=1S/C13H10F2N2O2/c14-11-7-12(15)13(17(18)19)6-9(11)8-16-10-4-2-1-3-5-10/h1-7,16H,8H2. The van der Waals surface area contributed by atoms with Crippen molar-refractivity contribution in [3.05, 3.63) is 69.8 Å². The monoisotopic (exact) mass is 264 g/mol. The number of halogens is 2. The Bertz CT molecular complexity index is 603. The molecule has 2 aromatic rings. The van der Waals surface area contributed by atoms with E-state index in [1.165, 1.54) is 0 Å². The summed E-state index contributed by atoms with van der Waals surface area (Å²) in [5.74, 6) is -1.99. The topological polar surface area (TPSA) is 55.2 Å². The summed E-state index contributed by atoms with van der Waals surface area (Å²) in [6, 6.07) is 10.4. The molecular formula is C13H10F2N2O2. The lowest BCUT2D eigenvalue weighted by atomic mass is 10.1. The number of benzene rings is 2. The predicted molar refractivity (Wildman–Crippen MR) is 66.8 cm³/mol. The van der Waals surface area contributed by atoms with Gasteiger partial charge in [0.05, 0.1) is 4.92 Å². The number of hydrogen-bond donors (Lipinski definition) is 1. The maximum Gasteiger partial charge on any atom is 0.305 e. The first-order valence-corrected chi connectivity index (χ1v) is 5.49. The van der Waals surface area contributed by atoms with Gasteiger partial charge in [-0.1, -0.05) is 18.2 Å². The average Bonchev–Trinajstić information content (AvgIpc) is 2.38. The van der Waals surface area contributed by atoms with Crippen LogP contribution in [-0.4, -0.2) is 4.92 Å². The number of para-hydroxylation sites is 1. The van der Waals surface area contributed by atoms with E-state index < -0.39 is 22.2 Å². The van der Waals surface area contributed by atoms with Crippen LogP contribution >= 0.6 is 0 Å². The van der Waals surface area contributed by atoms with Crippen LogP contribution in [0.1, 0.15) is 5.56 Å². The van der Waals surface area contributed by atoms with Gasteiger partial charge in [0.2, 0.25) is 5.82 Å². The highest BCUT2D eigenvalue weighted by Gasteiger charge is 2.18. The Hall–Kier alpha value is -2.50. The second-order valence-corrected chi connectivity index (χ2v) is 3.87. The Morgan fingerprint density at radius 3 is 2.42 bits per heavy atom. The van der Waals surface area contributed by atoms with E-state index >= 15 is 0 Å². The third kappa shape index (κ3) is 3.04. The zero-order valence-electron chi connectivity index (χ0n) is 9.77. The second kappa shape index (κ2) is 5.43. The van der Waals surface area contributed by atoms with Gasteiger partial charge in [0, 0.05) is 29.9 Å². The lowest BCUT2D eigenvalue weighted by Crippen LogP contribution is -2.04. The number of rotatable bonds is 4. The van der Waals surface area contributed by atoms with E-state index in [4.69, 9.17) is 0 Å². The second-order valence-electron chi connectivity index (χ2n) is 3.87. The molecule has 0 atom stereocenters. The van der Waals surface area contributed by atoms with E-state index in [0.717, 1.165) is 11.8 Å². The molecule has 2 rings (SSSR count). The van der Waals surface area contributed by atoms with Crippen molar-refractivity contribution in [2.45, 2.75) is 6.54 Å².